The molecule has 0 fully saturated rings. The molecule has 19 heavy (non-hydrogen) atoms. The van der Waals surface area contributed by atoms with Gasteiger partial charge in [-0.25, -0.2) is 0 Å². The van der Waals surface area contributed by atoms with Crippen LogP contribution in [-0.2, 0) is 6.54 Å². The maximum atomic E-state index is 3.59. The molecule has 1 atom stereocenters. The van der Waals surface area contributed by atoms with Crippen molar-refractivity contribution >= 4 is 0 Å². The third kappa shape index (κ3) is 5.75. The second kappa shape index (κ2) is 7.66. The topological polar surface area (TPSA) is 15.3 Å². The third-order valence-electron chi connectivity index (χ3n) is 3.75. The van der Waals surface area contributed by atoms with Gasteiger partial charge in [-0.2, -0.15) is 0 Å². The van der Waals surface area contributed by atoms with Gasteiger partial charge in [0.25, 0.3) is 0 Å². The van der Waals surface area contributed by atoms with E-state index in [9.17, 15) is 0 Å². The average molecular weight is 262 g/mol. The summed E-state index contributed by atoms with van der Waals surface area (Å²) < 4.78 is 0. The average Bonchev–Trinajstić information content (AvgIpc) is 2.31. The highest BCUT2D eigenvalue weighted by molar-refractivity contribution is 5.29. The van der Waals surface area contributed by atoms with Crippen LogP contribution in [0.3, 0.4) is 0 Å². The molecule has 0 aromatic heterocycles. The summed E-state index contributed by atoms with van der Waals surface area (Å²) in [6.07, 6.45) is 1.24. The molecule has 0 aliphatic carbocycles. The second-order valence-corrected chi connectivity index (χ2v) is 6.30. The highest BCUT2D eigenvalue weighted by atomic mass is 15.1. The number of hydrogen-bond donors (Lipinski definition) is 1. The third-order valence-corrected chi connectivity index (χ3v) is 3.75. The summed E-state index contributed by atoms with van der Waals surface area (Å²) in [5.74, 6) is 0.746. The van der Waals surface area contributed by atoms with Crippen LogP contribution in [0.1, 0.15) is 37.0 Å². The molecule has 1 unspecified atom stereocenters. The minimum absolute atomic E-state index is 0.617. The molecule has 0 saturated carbocycles. The van der Waals surface area contributed by atoms with E-state index in [1.807, 2.05) is 0 Å². The van der Waals surface area contributed by atoms with Gasteiger partial charge in [0, 0.05) is 19.1 Å². The van der Waals surface area contributed by atoms with Gasteiger partial charge in [0.1, 0.15) is 0 Å². The van der Waals surface area contributed by atoms with E-state index in [1.54, 1.807) is 0 Å². The zero-order chi connectivity index (χ0) is 14.4. The lowest BCUT2D eigenvalue weighted by molar-refractivity contribution is 0.246. The summed E-state index contributed by atoms with van der Waals surface area (Å²) in [5.41, 5.74) is 4.13. The van der Waals surface area contributed by atoms with Crippen molar-refractivity contribution < 1.29 is 0 Å². The number of nitrogens with one attached hydrogen (secondary N) is 1. The van der Waals surface area contributed by atoms with Crippen LogP contribution < -0.4 is 5.32 Å². The summed E-state index contributed by atoms with van der Waals surface area (Å²) in [4.78, 5) is 2.33. The fraction of sp³-hybridized carbons (Fsp3) is 0.647. The van der Waals surface area contributed by atoms with E-state index >= 15 is 0 Å². The summed E-state index contributed by atoms with van der Waals surface area (Å²) >= 11 is 0. The minimum atomic E-state index is 0.617. The lowest BCUT2D eigenvalue weighted by atomic mass is 10.0. The van der Waals surface area contributed by atoms with Crippen LogP contribution in [0.5, 0.6) is 0 Å². The van der Waals surface area contributed by atoms with Gasteiger partial charge in [-0.1, -0.05) is 32.0 Å². The Morgan fingerprint density at radius 1 is 1.11 bits per heavy atom. The Morgan fingerprint density at radius 2 is 1.79 bits per heavy atom. The molecule has 2 heteroatoms. The van der Waals surface area contributed by atoms with Gasteiger partial charge < -0.3 is 10.2 Å². The molecule has 0 amide bonds. The zero-order valence-corrected chi connectivity index (χ0v) is 13.5. The van der Waals surface area contributed by atoms with E-state index in [4.69, 9.17) is 0 Å². The van der Waals surface area contributed by atoms with Crippen LogP contribution in [0.4, 0.5) is 0 Å². The zero-order valence-electron chi connectivity index (χ0n) is 13.5. The first-order chi connectivity index (χ1) is 8.90. The molecule has 1 N–H and O–H groups in total. The lowest BCUT2D eigenvalue weighted by Crippen LogP contribution is -2.38. The van der Waals surface area contributed by atoms with E-state index in [0.717, 1.165) is 19.0 Å². The Hall–Kier alpha value is -0.860. The van der Waals surface area contributed by atoms with E-state index in [1.165, 1.54) is 23.1 Å². The Labute approximate surface area is 119 Å². The Kier molecular flexibility index (Phi) is 6.53. The highest BCUT2D eigenvalue weighted by Gasteiger charge is 2.12. The normalized spacial score (nSPS) is 13.3. The number of likely N-dealkylation sites (N-methyl/N-ethyl adjacent to an activating group) is 1. The molecule has 108 valence electrons. The standard InChI is InChI=1S/C17H30N2/c1-13(2)9-17(19(5)6)12-18-11-16-8-7-14(3)15(4)10-16/h7-8,10,13,17-18H,9,11-12H2,1-6H3. The smallest absolute Gasteiger partial charge is 0.0217 e. The fourth-order valence-electron chi connectivity index (χ4n) is 2.32. The van der Waals surface area contributed by atoms with Crippen molar-refractivity contribution in [2.45, 2.75) is 46.7 Å². The van der Waals surface area contributed by atoms with Crippen molar-refractivity contribution in [1.29, 1.82) is 0 Å². The van der Waals surface area contributed by atoms with Crippen LogP contribution in [-0.4, -0.2) is 31.6 Å². The lowest BCUT2D eigenvalue weighted by Gasteiger charge is -2.26. The molecule has 0 bridgehead atoms. The van der Waals surface area contributed by atoms with Gasteiger partial charge in [0.05, 0.1) is 0 Å². The van der Waals surface area contributed by atoms with Crippen LogP contribution >= 0.6 is 0 Å². The molecule has 0 radical (unpaired) electrons. The first-order valence-corrected chi connectivity index (χ1v) is 7.33. The number of benzene rings is 1. The van der Waals surface area contributed by atoms with Crippen molar-refractivity contribution in [3.05, 3.63) is 34.9 Å². The number of aryl methyl sites for hydroxylation is 2. The van der Waals surface area contributed by atoms with Gasteiger partial charge in [-0.05, 0) is 57.0 Å². The maximum absolute atomic E-state index is 3.59. The van der Waals surface area contributed by atoms with Crippen molar-refractivity contribution in [2.75, 3.05) is 20.6 Å². The summed E-state index contributed by atoms with van der Waals surface area (Å²) in [6, 6.07) is 7.34. The van der Waals surface area contributed by atoms with Gasteiger partial charge in [-0.3, -0.25) is 0 Å². The van der Waals surface area contributed by atoms with Gasteiger partial charge in [-0.15, -0.1) is 0 Å². The molecule has 1 aromatic rings. The Bertz CT molecular complexity index is 383. The molecule has 0 spiro atoms. The molecular weight excluding hydrogens is 232 g/mol. The highest BCUT2D eigenvalue weighted by Crippen LogP contribution is 2.11. The van der Waals surface area contributed by atoms with Crippen LogP contribution in [0.2, 0.25) is 0 Å². The molecule has 0 aliphatic rings. The Morgan fingerprint density at radius 3 is 2.32 bits per heavy atom. The maximum Gasteiger partial charge on any atom is 0.0217 e. The largest absolute Gasteiger partial charge is 0.311 e. The van der Waals surface area contributed by atoms with Crippen LogP contribution in [0, 0.1) is 19.8 Å². The van der Waals surface area contributed by atoms with E-state index in [0.29, 0.717) is 6.04 Å². The molecule has 1 aromatic carbocycles. The molecule has 0 saturated heterocycles. The SMILES string of the molecule is Cc1ccc(CNCC(CC(C)C)N(C)C)cc1C. The first-order valence-electron chi connectivity index (χ1n) is 7.33. The summed E-state index contributed by atoms with van der Waals surface area (Å²) in [5, 5.41) is 3.59. The monoisotopic (exact) mass is 262 g/mol. The quantitative estimate of drug-likeness (QED) is 0.810. The van der Waals surface area contributed by atoms with Crippen LogP contribution in [0.25, 0.3) is 0 Å². The molecule has 1 rings (SSSR count). The Balaban J connectivity index is 2.45. The second-order valence-electron chi connectivity index (χ2n) is 6.30. The number of rotatable bonds is 7. The van der Waals surface area contributed by atoms with E-state index in [2.05, 4.69) is 70.2 Å². The number of nitrogens with zero attached hydrogens (tertiary/aromatic N) is 1. The van der Waals surface area contributed by atoms with Crippen molar-refractivity contribution in [3.63, 3.8) is 0 Å². The van der Waals surface area contributed by atoms with Crippen molar-refractivity contribution in [2.24, 2.45) is 5.92 Å². The number of hydrogen-bond acceptors (Lipinski definition) is 2. The molecule has 0 heterocycles. The molecular formula is C17H30N2. The van der Waals surface area contributed by atoms with Crippen molar-refractivity contribution in [3.8, 4) is 0 Å². The van der Waals surface area contributed by atoms with Gasteiger partial charge >= 0.3 is 0 Å². The fourth-order valence-corrected chi connectivity index (χ4v) is 2.32. The van der Waals surface area contributed by atoms with E-state index in [-0.39, 0.29) is 0 Å². The van der Waals surface area contributed by atoms with Crippen molar-refractivity contribution in [1.82, 2.24) is 10.2 Å². The summed E-state index contributed by atoms with van der Waals surface area (Å²) in [7, 11) is 4.34. The summed E-state index contributed by atoms with van der Waals surface area (Å²) in [6.45, 7) is 10.9. The predicted octanol–water partition coefficient (Wildman–Crippen LogP) is 3.37. The van der Waals surface area contributed by atoms with Gasteiger partial charge in [0.15, 0.2) is 0 Å². The van der Waals surface area contributed by atoms with Gasteiger partial charge in [0.2, 0.25) is 0 Å². The first kappa shape index (κ1) is 16.2. The predicted molar refractivity (Wildman–Crippen MR) is 84.6 cm³/mol. The van der Waals surface area contributed by atoms with Crippen LogP contribution in [0.15, 0.2) is 18.2 Å². The molecule has 0 aliphatic heterocycles. The van der Waals surface area contributed by atoms with E-state index < -0.39 is 0 Å². The molecule has 2 nitrogen and oxygen atoms in total. The minimum Gasteiger partial charge on any atom is -0.311 e.